The van der Waals surface area contributed by atoms with Crippen molar-refractivity contribution in [3.8, 4) is 0 Å². The Morgan fingerprint density at radius 3 is 1.16 bits per heavy atom. The average molecular weight is 1370 g/mol. The van der Waals surface area contributed by atoms with Crippen LogP contribution in [-0.2, 0) is 38.2 Å². The summed E-state index contributed by atoms with van der Waals surface area (Å²) < 4.78 is 75.5. The Morgan fingerprint density at radius 2 is 0.804 bits per heavy atom. The van der Waals surface area contributed by atoms with E-state index >= 15 is 13.2 Å². The van der Waals surface area contributed by atoms with Crippen LogP contribution in [-0.4, -0.2) is 109 Å². The first-order valence-electron chi connectivity index (χ1n) is 39.2. The van der Waals surface area contributed by atoms with E-state index in [1.807, 2.05) is 20.8 Å². The number of hydrogen-bond donors (Lipinski definition) is 3. The number of rotatable bonds is 15. The largest absolute Gasteiger partial charge is 0.469 e. The predicted molar refractivity (Wildman–Crippen MR) is 369 cm³/mol. The molecule has 0 amide bonds. The number of methoxy groups -OCH3 is 3. The highest BCUT2D eigenvalue weighted by molar-refractivity contribution is 5.88. The van der Waals surface area contributed by atoms with Crippen molar-refractivity contribution < 1.29 is 71.1 Å². The maximum atomic E-state index is 15.6. The van der Waals surface area contributed by atoms with E-state index in [0.29, 0.717) is 97.2 Å². The molecule has 0 aliphatic heterocycles. The molecule has 0 saturated heterocycles. The van der Waals surface area contributed by atoms with Gasteiger partial charge in [0.25, 0.3) is 0 Å². The van der Waals surface area contributed by atoms with E-state index in [1.54, 1.807) is 0 Å². The van der Waals surface area contributed by atoms with Crippen LogP contribution in [0.1, 0.15) is 251 Å². The quantitative estimate of drug-likeness (QED) is 0.0616. The van der Waals surface area contributed by atoms with Crippen LogP contribution in [0, 0.1) is 157 Å². The molecule has 0 aromatic rings. The highest BCUT2D eigenvalue weighted by atomic mass is 19.2. The number of hydrogen-bond acceptors (Lipinski definition) is 11. The van der Waals surface area contributed by atoms with Gasteiger partial charge >= 0.3 is 17.9 Å². The molecule has 11 nitrogen and oxygen atoms in total. The van der Waals surface area contributed by atoms with Gasteiger partial charge in [-0.15, -0.1) is 0 Å². The second-order valence-electron chi connectivity index (χ2n) is 36.5. The number of esters is 3. The highest BCUT2D eigenvalue weighted by Crippen LogP contribution is 2.74. The molecule has 11 fully saturated rings. The first-order chi connectivity index (χ1) is 45.7. The maximum absolute atomic E-state index is 15.6. The van der Waals surface area contributed by atoms with Crippen LogP contribution in [0.4, 0.5) is 17.6 Å². The van der Waals surface area contributed by atoms with Crippen molar-refractivity contribution in [2.75, 3.05) is 21.3 Å². The molecule has 0 aromatic heterocycles. The SMILES string of the molecule is CC[C@@H]1[C@@H]2[C@@H](F)C(=O)C(F)C[C@]2(C)C2CC[C@@]3(C)C(CCC3[C@H](C)CCC(=O)OC)C2[C@@H]1O.CC[C@@H]1[C@@H]2[C@@H](F)C(=O)CC[C@]2(C)C2CC[C@@]3(C)C(CCC3[C@H](C)CCC(=O)OC)C2[C@@H]1O.CC[C@@H]1[C@@H]2[C@@H](F)C(C)=CC[C@]2(C)C2CC[C@@]3(C)C(CCC3[C@H](C)CCC(=O)OC)C2[C@@H]1O. The third kappa shape index (κ3) is 12.8. The predicted octanol–water partition coefficient (Wildman–Crippen LogP) is 17.0. The number of fused-ring (bicyclic) bond motifs is 15. The fraction of sp³-hybridized carbons (Fsp3) is 0.915. The molecule has 34 atom stereocenters. The third-order valence-electron chi connectivity index (χ3n) is 33.2. The number of carbonyl (C=O) groups is 5. The van der Waals surface area contributed by atoms with Crippen molar-refractivity contribution in [1.29, 1.82) is 0 Å². The van der Waals surface area contributed by atoms with E-state index in [0.717, 1.165) is 121 Å². The Labute approximate surface area is 581 Å². The number of halogens is 4. The molecule has 97 heavy (non-hydrogen) atoms. The summed E-state index contributed by atoms with van der Waals surface area (Å²) in [6.45, 7) is 28.7. The first-order valence-corrected chi connectivity index (χ1v) is 39.2. The second kappa shape index (κ2) is 29.3. The summed E-state index contributed by atoms with van der Waals surface area (Å²) in [5.74, 6) is 2.29. The zero-order chi connectivity index (χ0) is 71.1. The molecule has 12 aliphatic rings. The first kappa shape index (κ1) is 76.7. The molecule has 0 aromatic carbocycles. The molecule has 11 saturated carbocycles. The summed E-state index contributed by atoms with van der Waals surface area (Å²) in [6.07, 6.45) is 15.7. The molecule has 0 spiro atoms. The number of aliphatic hydroxyl groups excluding tert-OH is 3. The lowest BCUT2D eigenvalue weighted by Gasteiger charge is -2.64. The van der Waals surface area contributed by atoms with E-state index in [4.69, 9.17) is 14.2 Å². The van der Waals surface area contributed by atoms with E-state index in [-0.39, 0.29) is 110 Å². The number of ether oxygens (including phenoxy) is 3. The van der Waals surface area contributed by atoms with Crippen molar-refractivity contribution in [3.05, 3.63) is 11.6 Å². The normalized spacial score (nSPS) is 49.4. The fourth-order valence-electron chi connectivity index (χ4n) is 28.3. The van der Waals surface area contributed by atoms with Crippen molar-refractivity contribution >= 4 is 29.5 Å². The van der Waals surface area contributed by atoms with Crippen LogP contribution in [0.5, 0.6) is 0 Å². The Bertz CT molecular complexity index is 2840. The Balaban J connectivity index is 0.000000158. The molecule has 15 heteroatoms. The monoisotopic (exact) mass is 1370 g/mol. The van der Waals surface area contributed by atoms with E-state index in [1.165, 1.54) is 27.8 Å². The van der Waals surface area contributed by atoms with Crippen molar-refractivity contribution in [3.63, 3.8) is 0 Å². The van der Waals surface area contributed by atoms with Crippen LogP contribution >= 0.6 is 0 Å². The van der Waals surface area contributed by atoms with Gasteiger partial charge in [0.1, 0.15) is 6.17 Å². The molecule has 0 bridgehead atoms. The standard InChI is InChI=1S/C28H45FO3.C27H42F2O4.C27H43FO4/c1-7-18-24-25(29)17(3)12-14-28(24,5)21-13-15-27(4)19(16(2)8-11-22(30)32-6)9-10-20(27)23(21)26(18)31;1-6-15-22-23(29)25(32)19(28)13-27(22,4)18-11-12-26(3)16(14(2)7-10-20(30)33-5)8-9-17(26)21(18)24(15)31;1-6-16-23-24(28)20(29)12-14-27(23,4)19-11-13-26(3)17(15(2)7-10-21(30)32-5)8-9-18(26)22(19)25(16)31/h12,16,18-21,23-26,31H,7-11,13-15H2,1-6H3;14-19,21-24,31H,6-13H2,1-5H3;15-19,22-25,31H,6-14H2,1-5H3/t16-,18-,19?,20?,21?,23?,24-,25+,26-,27-,28-;14-,15-,16?,17?,18?,19?,21?,22-,23-,24-,26-,27-;15-,16-,17?,18?,19?,22?,23-,24+,25-,26-,27-/m111/s1. The Kier molecular flexibility index (Phi) is 23.2. The number of alkyl halides is 4. The van der Waals surface area contributed by atoms with Gasteiger partial charge in [-0.1, -0.05) is 108 Å². The summed E-state index contributed by atoms with van der Waals surface area (Å²) in [5, 5.41) is 35.1. The van der Waals surface area contributed by atoms with Crippen LogP contribution < -0.4 is 0 Å². The van der Waals surface area contributed by atoms with Crippen LogP contribution in [0.3, 0.4) is 0 Å². The van der Waals surface area contributed by atoms with Crippen LogP contribution in [0.25, 0.3) is 0 Å². The molecule has 552 valence electrons. The molecule has 12 aliphatic carbocycles. The number of carbonyl (C=O) groups excluding carboxylic acids is 5. The van der Waals surface area contributed by atoms with Crippen LogP contribution in [0.15, 0.2) is 11.6 Å². The minimum atomic E-state index is -1.82. The molecule has 12 rings (SSSR count). The zero-order valence-electron chi connectivity index (χ0n) is 62.5. The summed E-state index contributed by atoms with van der Waals surface area (Å²) in [6, 6.07) is 0. The highest BCUT2D eigenvalue weighted by Gasteiger charge is 2.71. The number of ketones is 2. The van der Waals surface area contributed by atoms with Crippen molar-refractivity contribution in [1.82, 2.24) is 0 Å². The summed E-state index contributed by atoms with van der Waals surface area (Å²) in [7, 11) is 4.34. The van der Waals surface area contributed by atoms with Gasteiger partial charge in [-0.25, -0.2) is 17.6 Å². The van der Waals surface area contributed by atoms with E-state index < -0.39 is 60.1 Å². The maximum Gasteiger partial charge on any atom is 0.305 e. The third-order valence-corrected chi connectivity index (χ3v) is 33.2. The molecule has 0 heterocycles. The summed E-state index contributed by atoms with van der Waals surface area (Å²) in [5.41, 5.74) is 0.416. The minimum Gasteiger partial charge on any atom is -0.469 e. The lowest BCUT2D eigenvalue weighted by molar-refractivity contribution is -0.213. The van der Waals surface area contributed by atoms with Gasteiger partial charge in [-0.3, -0.25) is 24.0 Å². The topological polar surface area (TPSA) is 174 Å². The second-order valence-corrected chi connectivity index (χ2v) is 36.5. The van der Waals surface area contributed by atoms with Crippen molar-refractivity contribution in [2.45, 2.75) is 294 Å². The molecule has 0 radical (unpaired) electrons. The lowest BCUT2D eigenvalue weighted by Crippen LogP contribution is -2.66. The number of aliphatic hydroxyl groups is 3. The van der Waals surface area contributed by atoms with Gasteiger partial charge in [-0.2, -0.15) is 0 Å². The van der Waals surface area contributed by atoms with Gasteiger partial charge in [0, 0.05) is 43.4 Å². The van der Waals surface area contributed by atoms with Gasteiger partial charge < -0.3 is 29.5 Å². The van der Waals surface area contributed by atoms with Crippen molar-refractivity contribution in [2.24, 2.45) is 157 Å². The van der Waals surface area contributed by atoms with E-state index in [2.05, 4.69) is 75.3 Å². The minimum absolute atomic E-state index is 0.0142. The zero-order valence-corrected chi connectivity index (χ0v) is 62.5. The van der Waals surface area contributed by atoms with Gasteiger partial charge in [0.15, 0.2) is 24.3 Å². The Hall–Kier alpha value is -2.91. The van der Waals surface area contributed by atoms with Gasteiger partial charge in [0.2, 0.25) is 5.78 Å². The van der Waals surface area contributed by atoms with Gasteiger partial charge in [-0.05, 0) is 267 Å². The van der Waals surface area contributed by atoms with E-state index in [9.17, 15) is 43.7 Å². The molecular formula is C82H130F4O11. The number of Topliss-reactive ketones (excluding diaryl/α,β-unsaturated/α-hetero) is 2. The van der Waals surface area contributed by atoms with Gasteiger partial charge in [0.05, 0.1) is 39.6 Å². The summed E-state index contributed by atoms with van der Waals surface area (Å²) >= 11 is 0. The Morgan fingerprint density at radius 1 is 0.474 bits per heavy atom. The van der Waals surface area contributed by atoms with Crippen LogP contribution in [0.2, 0.25) is 0 Å². The average Bonchev–Trinajstić information content (AvgIpc) is 1.69. The lowest BCUT2D eigenvalue weighted by atomic mass is 9.41. The number of allylic oxidation sites excluding steroid dienone is 2. The molecule has 13 unspecified atom stereocenters. The molecular weight excluding hydrogens is 1240 g/mol. The fourth-order valence-corrected chi connectivity index (χ4v) is 28.3. The molecule has 3 N–H and O–H groups in total. The summed E-state index contributed by atoms with van der Waals surface area (Å²) in [4.78, 5) is 59.7. The smallest absolute Gasteiger partial charge is 0.305 e.